The molecule has 0 aliphatic rings. The van der Waals surface area contributed by atoms with Crippen LogP contribution in [0.25, 0.3) is 0 Å². The van der Waals surface area contributed by atoms with Crippen LogP contribution in [-0.2, 0) is 0 Å². The Hall–Kier alpha value is 1.46. The molecule has 0 saturated heterocycles. The van der Waals surface area contributed by atoms with Gasteiger partial charge in [-0.15, -0.1) is 0 Å². The molecule has 24 heavy (non-hydrogen) atoms. The number of alkyl halides is 2. The van der Waals surface area contributed by atoms with Crippen LogP contribution in [0.5, 0.6) is 0 Å². The summed E-state index contributed by atoms with van der Waals surface area (Å²) in [5, 5.41) is 0. The predicted molar refractivity (Wildman–Crippen MR) is 130 cm³/mol. The number of hydrogen-bond acceptors (Lipinski definition) is 0. The van der Waals surface area contributed by atoms with Crippen molar-refractivity contribution in [2.24, 2.45) is 0 Å². The van der Waals surface area contributed by atoms with Crippen molar-refractivity contribution in [3.63, 3.8) is 0 Å². The van der Waals surface area contributed by atoms with Gasteiger partial charge in [0, 0.05) is 0 Å². The van der Waals surface area contributed by atoms with E-state index in [2.05, 4.69) is 52.1 Å². The van der Waals surface area contributed by atoms with E-state index in [4.69, 9.17) is 0 Å². The normalized spacial score (nSPS) is 11.5. The smallest absolute Gasteiger partial charge is 0.0626 e. The van der Waals surface area contributed by atoms with Gasteiger partial charge < -0.3 is 0 Å². The van der Waals surface area contributed by atoms with Gasteiger partial charge >= 0.3 is 0 Å². The fraction of sp³-hybridized carbons (Fsp3) is 1.00. The summed E-state index contributed by atoms with van der Waals surface area (Å²) in [7, 11) is 0. The fourth-order valence-electron chi connectivity index (χ4n) is 3.38. The molecule has 0 aliphatic heterocycles. The van der Waals surface area contributed by atoms with Crippen LogP contribution in [0.1, 0.15) is 135 Å². The highest BCUT2D eigenvalue weighted by Gasteiger charge is 1.97. The number of unbranched alkanes of at least 4 members (excludes halogenated alkanes) is 18. The van der Waals surface area contributed by atoms with E-state index < -0.39 is 0 Å². The zero-order valence-electron chi connectivity index (χ0n) is 16.5. The van der Waals surface area contributed by atoms with Gasteiger partial charge in [-0.1, -0.05) is 174 Å². The molecule has 2 heteroatoms. The van der Waals surface area contributed by atoms with Crippen molar-refractivity contribution in [1.29, 1.82) is 0 Å². The van der Waals surface area contributed by atoms with Gasteiger partial charge in [-0.05, 0) is 6.42 Å². The van der Waals surface area contributed by atoms with Gasteiger partial charge in [-0.3, -0.25) is 0 Å². The first kappa shape index (κ1) is 25.5. The lowest BCUT2D eigenvalue weighted by molar-refractivity contribution is 0.523. The molecule has 0 N–H and O–H groups in total. The SMILES string of the molecule is CCCCCCCCCCCCCCCCCCCCCC(I)I. The summed E-state index contributed by atoms with van der Waals surface area (Å²) >= 11 is 5.07. The van der Waals surface area contributed by atoms with Crippen LogP contribution in [0.4, 0.5) is 0 Å². The van der Waals surface area contributed by atoms with Gasteiger partial charge in [0.2, 0.25) is 0 Å². The minimum atomic E-state index is 0.839. The Morgan fingerprint density at radius 1 is 0.417 bits per heavy atom. The van der Waals surface area contributed by atoms with E-state index in [9.17, 15) is 0 Å². The molecule has 0 radical (unpaired) electrons. The fourth-order valence-corrected chi connectivity index (χ4v) is 4.26. The van der Waals surface area contributed by atoms with Crippen molar-refractivity contribution in [2.75, 3.05) is 0 Å². The molecule has 0 spiro atoms. The zero-order valence-corrected chi connectivity index (χ0v) is 20.8. The molecular formula is C22H44I2. The summed E-state index contributed by atoms with van der Waals surface area (Å²) < 4.78 is 0.839. The molecule has 146 valence electrons. The molecule has 0 bridgehead atoms. The van der Waals surface area contributed by atoms with E-state index in [1.165, 1.54) is 128 Å². The molecular weight excluding hydrogens is 518 g/mol. The second-order valence-corrected chi connectivity index (χ2v) is 12.9. The van der Waals surface area contributed by atoms with E-state index in [1.54, 1.807) is 0 Å². The highest BCUT2D eigenvalue weighted by molar-refractivity contribution is 14.2. The van der Waals surface area contributed by atoms with Crippen LogP contribution in [0.15, 0.2) is 0 Å². The number of hydrogen-bond donors (Lipinski definition) is 0. The minimum Gasteiger partial charge on any atom is -0.0710 e. The lowest BCUT2D eigenvalue weighted by Crippen LogP contribution is -1.86. The van der Waals surface area contributed by atoms with E-state index in [0.717, 1.165) is 1.93 Å². The maximum atomic E-state index is 2.53. The van der Waals surface area contributed by atoms with Crippen molar-refractivity contribution < 1.29 is 0 Å². The molecule has 0 rings (SSSR count). The Labute approximate surface area is 181 Å². The van der Waals surface area contributed by atoms with Gasteiger partial charge in [-0.2, -0.15) is 0 Å². The Morgan fingerprint density at radius 2 is 0.667 bits per heavy atom. The first-order chi connectivity index (χ1) is 11.8. The zero-order chi connectivity index (χ0) is 17.7. The van der Waals surface area contributed by atoms with Crippen LogP contribution in [0.3, 0.4) is 0 Å². The van der Waals surface area contributed by atoms with Gasteiger partial charge in [0.15, 0.2) is 0 Å². The van der Waals surface area contributed by atoms with Crippen molar-refractivity contribution in [3.05, 3.63) is 0 Å². The third-order valence-corrected chi connectivity index (χ3v) is 6.27. The second-order valence-electron chi connectivity index (χ2n) is 7.54. The van der Waals surface area contributed by atoms with E-state index in [1.807, 2.05) is 0 Å². The maximum absolute atomic E-state index is 2.53. The third-order valence-electron chi connectivity index (χ3n) is 5.03. The quantitative estimate of drug-likeness (QED) is 0.0787. The van der Waals surface area contributed by atoms with Crippen molar-refractivity contribution in [2.45, 2.75) is 137 Å². The average molecular weight is 562 g/mol. The molecule has 0 amide bonds. The van der Waals surface area contributed by atoms with Gasteiger partial charge in [0.1, 0.15) is 0 Å². The molecule has 0 atom stereocenters. The van der Waals surface area contributed by atoms with Gasteiger partial charge in [0.05, 0.1) is 1.93 Å². The Kier molecular flexibility index (Phi) is 23.9. The van der Waals surface area contributed by atoms with E-state index >= 15 is 0 Å². The van der Waals surface area contributed by atoms with Gasteiger partial charge in [0.25, 0.3) is 0 Å². The third kappa shape index (κ3) is 23.5. The highest BCUT2D eigenvalue weighted by atomic mass is 127. The molecule has 0 nitrogen and oxygen atoms in total. The maximum Gasteiger partial charge on any atom is 0.0626 e. The van der Waals surface area contributed by atoms with Gasteiger partial charge in [-0.25, -0.2) is 0 Å². The summed E-state index contributed by atoms with van der Waals surface area (Å²) in [6.07, 6.45) is 29.4. The topological polar surface area (TPSA) is 0 Å². The van der Waals surface area contributed by atoms with Crippen molar-refractivity contribution >= 4 is 45.2 Å². The summed E-state index contributed by atoms with van der Waals surface area (Å²) in [6.45, 7) is 2.30. The summed E-state index contributed by atoms with van der Waals surface area (Å²) in [5.74, 6) is 0. The van der Waals surface area contributed by atoms with Crippen LogP contribution < -0.4 is 0 Å². The Bertz CT molecular complexity index is 216. The summed E-state index contributed by atoms with van der Waals surface area (Å²) in [5.41, 5.74) is 0. The molecule has 0 unspecified atom stereocenters. The molecule has 0 aromatic heterocycles. The molecule has 0 aromatic rings. The van der Waals surface area contributed by atoms with Crippen molar-refractivity contribution in [3.8, 4) is 0 Å². The van der Waals surface area contributed by atoms with Crippen LogP contribution in [0.2, 0.25) is 0 Å². The number of halogens is 2. The minimum absolute atomic E-state index is 0.839. The second kappa shape index (κ2) is 22.5. The average Bonchev–Trinajstić information content (AvgIpc) is 2.56. The lowest BCUT2D eigenvalue weighted by atomic mass is 10.0. The van der Waals surface area contributed by atoms with Crippen LogP contribution >= 0.6 is 45.2 Å². The van der Waals surface area contributed by atoms with E-state index in [-0.39, 0.29) is 0 Å². The van der Waals surface area contributed by atoms with Crippen LogP contribution in [0, 0.1) is 0 Å². The molecule has 0 saturated carbocycles. The molecule has 0 heterocycles. The summed E-state index contributed by atoms with van der Waals surface area (Å²) in [6, 6.07) is 0. The van der Waals surface area contributed by atoms with E-state index in [0.29, 0.717) is 0 Å². The molecule has 0 aliphatic carbocycles. The number of rotatable bonds is 20. The van der Waals surface area contributed by atoms with Crippen LogP contribution in [-0.4, -0.2) is 1.93 Å². The predicted octanol–water partition coefficient (Wildman–Crippen LogP) is 10.0. The Morgan fingerprint density at radius 3 is 0.917 bits per heavy atom. The largest absolute Gasteiger partial charge is 0.0710 e. The Balaban J connectivity index is 2.95. The molecule has 0 aromatic carbocycles. The first-order valence-corrected chi connectivity index (χ1v) is 13.5. The standard InChI is InChI=1S/C22H44I2/c1-2-3-4-5-6-7-8-9-10-11-12-13-14-15-16-17-18-19-20-21-22(23)24/h22H,2-21H2,1H3. The first-order valence-electron chi connectivity index (χ1n) is 11.1. The molecule has 0 fully saturated rings. The highest BCUT2D eigenvalue weighted by Crippen LogP contribution is 2.19. The lowest BCUT2D eigenvalue weighted by Gasteiger charge is -2.04. The summed E-state index contributed by atoms with van der Waals surface area (Å²) in [4.78, 5) is 0. The monoisotopic (exact) mass is 562 g/mol. The van der Waals surface area contributed by atoms with Crippen molar-refractivity contribution in [1.82, 2.24) is 0 Å².